The third-order valence-electron chi connectivity index (χ3n) is 4.36. The van der Waals surface area contributed by atoms with E-state index >= 15 is 0 Å². The number of thiophene rings is 1. The molecule has 0 bridgehead atoms. The van der Waals surface area contributed by atoms with E-state index in [1.807, 2.05) is 10.6 Å². The van der Waals surface area contributed by atoms with Crippen molar-refractivity contribution < 1.29 is 4.92 Å². The van der Waals surface area contributed by atoms with E-state index in [1.54, 1.807) is 12.1 Å². The molecule has 0 atom stereocenters. The van der Waals surface area contributed by atoms with E-state index in [9.17, 15) is 14.9 Å². The summed E-state index contributed by atoms with van der Waals surface area (Å²) in [5.74, 6) is 0.873. The highest BCUT2D eigenvalue weighted by Crippen LogP contribution is 2.32. The maximum absolute atomic E-state index is 12.8. The molecule has 3 heterocycles. The van der Waals surface area contributed by atoms with Crippen molar-refractivity contribution >= 4 is 27.2 Å². The van der Waals surface area contributed by atoms with Gasteiger partial charge >= 0.3 is 0 Å². The fourth-order valence-electron chi connectivity index (χ4n) is 3.10. The van der Waals surface area contributed by atoms with E-state index in [0.717, 1.165) is 54.0 Å². The number of hydrogen-bond acceptors (Lipinski definition) is 5. The molecule has 0 fully saturated rings. The molecule has 0 radical (unpaired) electrons. The van der Waals surface area contributed by atoms with Crippen molar-refractivity contribution in [3.63, 3.8) is 0 Å². The molecule has 1 aliphatic heterocycles. The SMILES string of the molecule is O=c1c2sc(-c3ccc([N+](=O)[O-])cc3)cc2nc2n1CCCCC2. The molecule has 1 aromatic carbocycles. The lowest BCUT2D eigenvalue weighted by molar-refractivity contribution is -0.384. The van der Waals surface area contributed by atoms with Gasteiger partial charge in [-0.25, -0.2) is 4.98 Å². The zero-order valence-electron chi connectivity index (χ0n) is 12.9. The quantitative estimate of drug-likeness (QED) is 0.525. The lowest BCUT2D eigenvalue weighted by atomic mass is 10.2. The summed E-state index contributed by atoms with van der Waals surface area (Å²) < 4.78 is 2.47. The Bertz CT molecular complexity index is 989. The summed E-state index contributed by atoms with van der Waals surface area (Å²) in [6.07, 6.45) is 4.05. The molecule has 24 heavy (non-hydrogen) atoms. The summed E-state index contributed by atoms with van der Waals surface area (Å²) in [7, 11) is 0. The van der Waals surface area contributed by atoms with Crippen LogP contribution in [0.15, 0.2) is 35.1 Å². The minimum atomic E-state index is -0.417. The molecule has 122 valence electrons. The van der Waals surface area contributed by atoms with Crippen LogP contribution in [0.1, 0.15) is 25.1 Å². The molecule has 0 amide bonds. The first-order valence-corrected chi connectivity index (χ1v) is 8.73. The molecule has 1 aliphatic rings. The Hall–Kier alpha value is -2.54. The van der Waals surface area contributed by atoms with Crippen LogP contribution in [0.25, 0.3) is 20.7 Å². The number of fused-ring (bicyclic) bond motifs is 2. The first kappa shape index (κ1) is 15.0. The zero-order chi connectivity index (χ0) is 16.7. The zero-order valence-corrected chi connectivity index (χ0v) is 13.7. The van der Waals surface area contributed by atoms with Gasteiger partial charge in [0.2, 0.25) is 0 Å². The maximum atomic E-state index is 12.8. The van der Waals surface area contributed by atoms with Crippen molar-refractivity contribution in [1.82, 2.24) is 9.55 Å². The molecule has 0 saturated heterocycles. The molecule has 3 aromatic rings. The van der Waals surface area contributed by atoms with Crippen LogP contribution in [0.3, 0.4) is 0 Å². The second-order valence-corrected chi connectivity index (χ2v) is 6.98. The molecule has 7 heteroatoms. The summed E-state index contributed by atoms with van der Waals surface area (Å²) in [6.45, 7) is 0.738. The monoisotopic (exact) mass is 341 g/mol. The Kier molecular flexibility index (Phi) is 3.65. The van der Waals surface area contributed by atoms with Crippen molar-refractivity contribution in [2.45, 2.75) is 32.2 Å². The topological polar surface area (TPSA) is 78.0 Å². The summed E-state index contributed by atoms with van der Waals surface area (Å²) in [5.41, 5.74) is 1.69. The van der Waals surface area contributed by atoms with Crippen LogP contribution in [0.5, 0.6) is 0 Å². The van der Waals surface area contributed by atoms with Crippen molar-refractivity contribution in [1.29, 1.82) is 0 Å². The van der Waals surface area contributed by atoms with Gasteiger partial charge in [0.15, 0.2) is 0 Å². The minimum Gasteiger partial charge on any atom is -0.295 e. The van der Waals surface area contributed by atoms with Gasteiger partial charge in [0.25, 0.3) is 11.2 Å². The molecule has 0 N–H and O–H groups in total. The number of non-ortho nitro benzene ring substituents is 1. The largest absolute Gasteiger partial charge is 0.295 e. The Labute approximate surface area is 141 Å². The molecule has 0 aliphatic carbocycles. The number of nitro groups is 1. The molecule has 2 aromatic heterocycles. The van der Waals surface area contributed by atoms with Crippen LogP contribution in [0, 0.1) is 10.1 Å². The van der Waals surface area contributed by atoms with E-state index in [4.69, 9.17) is 4.98 Å². The number of hydrogen-bond donors (Lipinski definition) is 0. The van der Waals surface area contributed by atoms with Crippen molar-refractivity contribution in [2.24, 2.45) is 0 Å². The Morgan fingerprint density at radius 2 is 1.96 bits per heavy atom. The normalized spacial score (nSPS) is 14.3. The van der Waals surface area contributed by atoms with Gasteiger partial charge in [-0.05, 0) is 36.6 Å². The summed E-state index contributed by atoms with van der Waals surface area (Å²) in [6, 6.07) is 8.30. The summed E-state index contributed by atoms with van der Waals surface area (Å²) >= 11 is 1.41. The van der Waals surface area contributed by atoms with E-state index in [2.05, 4.69) is 0 Å². The van der Waals surface area contributed by atoms with Crippen LogP contribution in [0.2, 0.25) is 0 Å². The van der Waals surface area contributed by atoms with Crippen molar-refractivity contribution in [2.75, 3.05) is 0 Å². The molecular formula is C17H15N3O3S. The van der Waals surface area contributed by atoms with Crippen LogP contribution < -0.4 is 5.56 Å². The highest BCUT2D eigenvalue weighted by atomic mass is 32.1. The number of nitrogens with zero attached hydrogens (tertiary/aromatic N) is 3. The smallest absolute Gasteiger partial charge is 0.271 e. The standard InChI is InChI=1S/C17H15N3O3S/c21-17-16-13(18-15-4-2-1-3-9-19(15)17)10-14(24-16)11-5-7-12(8-6-11)20(22)23/h5-8,10H,1-4,9H2. The van der Waals surface area contributed by atoms with E-state index in [-0.39, 0.29) is 11.2 Å². The average molecular weight is 341 g/mol. The number of rotatable bonds is 2. The predicted octanol–water partition coefficient (Wildman–Crippen LogP) is 3.76. The summed E-state index contributed by atoms with van der Waals surface area (Å²) in [5, 5.41) is 10.8. The third-order valence-corrected chi connectivity index (χ3v) is 5.52. The minimum absolute atomic E-state index is 0.0371. The van der Waals surface area contributed by atoms with Crippen LogP contribution in [-0.2, 0) is 13.0 Å². The lowest BCUT2D eigenvalue weighted by Gasteiger charge is -2.07. The van der Waals surface area contributed by atoms with E-state index < -0.39 is 4.92 Å². The molecule has 4 rings (SSSR count). The molecule has 6 nitrogen and oxygen atoms in total. The second-order valence-electron chi connectivity index (χ2n) is 5.92. The number of aryl methyl sites for hydroxylation is 1. The lowest BCUT2D eigenvalue weighted by Crippen LogP contribution is -2.23. The van der Waals surface area contributed by atoms with Gasteiger partial charge in [0, 0.05) is 30.0 Å². The average Bonchev–Trinajstić information content (AvgIpc) is 2.87. The molecule has 0 unspecified atom stereocenters. The highest BCUT2D eigenvalue weighted by Gasteiger charge is 2.16. The van der Waals surface area contributed by atoms with E-state index in [1.165, 1.54) is 23.5 Å². The summed E-state index contributed by atoms with van der Waals surface area (Å²) in [4.78, 5) is 28.7. The van der Waals surface area contributed by atoms with Crippen molar-refractivity contribution in [3.05, 3.63) is 56.6 Å². The first-order chi connectivity index (χ1) is 11.6. The molecule has 0 saturated carbocycles. The predicted molar refractivity (Wildman–Crippen MR) is 93.5 cm³/mol. The first-order valence-electron chi connectivity index (χ1n) is 7.91. The third kappa shape index (κ3) is 2.50. The van der Waals surface area contributed by atoms with Gasteiger partial charge in [0.05, 0.1) is 10.4 Å². The van der Waals surface area contributed by atoms with Gasteiger partial charge in [-0.1, -0.05) is 6.42 Å². The maximum Gasteiger partial charge on any atom is 0.271 e. The fraction of sp³-hybridized carbons (Fsp3) is 0.294. The van der Waals surface area contributed by atoms with Gasteiger partial charge in [-0.3, -0.25) is 19.5 Å². The number of nitro benzene ring substituents is 1. The van der Waals surface area contributed by atoms with Crippen molar-refractivity contribution in [3.8, 4) is 10.4 Å². The van der Waals surface area contributed by atoms with Gasteiger partial charge < -0.3 is 0 Å². The van der Waals surface area contributed by atoms with Gasteiger partial charge in [-0.2, -0.15) is 0 Å². The Morgan fingerprint density at radius 1 is 1.17 bits per heavy atom. The molecule has 0 spiro atoms. The Balaban J connectivity index is 1.82. The molecular weight excluding hydrogens is 326 g/mol. The van der Waals surface area contributed by atoms with Gasteiger partial charge in [0.1, 0.15) is 10.5 Å². The van der Waals surface area contributed by atoms with E-state index in [0.29, 0.717) is 4.70 Å². The van der Waals surface area contributed by atoms with Crippen LogP contribution in [0.4, 0.5) is 5.69 Å². The van der Waals surface area contributed by atoms with Crippen LogP contribution in [-0.4, -0.2) is 14.5 Å². The fourth-order valence-corrected chi connectivity index (χ4v) is 4.15. The number of benzene rings is 1. The van der Waals surface area contributed by atoms with Gasteiger partial charge in [-0.15, -0.1) is 11.3 Å². The van der Waals surface area contributed by atoms with Crippen LogP contribution >= 0.6 is 11.3 Å². The Morgan fingerprint density at radius 3 is 2.71 bits per heavy atom. The second kappa shape index (κ2) is 5.83. The highest BCUT2D eigenvalue weighted by molar-refractivity contribution is 7.22. The number of aromatic nitrogens is 2.